The standard InChI is InChI=1S/C24H31FN2O4S/c1-2-4-19-10-20(23(28)26-32(29,30)27-5-3-6-27)21(25)11-22(19)31-15-24-12-16-7-17(13-24)9-18(8-16)14-24/h2,4,10-11,16-18H,3,5-9,12-15H2,1H3,(H,26,28)/b4-2+. The van der Waals surface area contributed by atoms with E-state index in [0.717, 1.165) is 24.2 Å². The highest BCUT2D eigenvalue weighted by molar-refractivity contribution is 7.87. The molecule has 1 aliphatic heterocycles. The maximum Gasteiger partial charge on any atom is 0.304 e. The molecule has 4 aliphatic carbocycles. The van der Waals surface area contributed by atoms with Crippen LogP contribution in [0.4, 0.5) is 4.39 Å². The van der Waals surface area contributed by atoms with Crippen LogP contribution in [0.1, 0.15) is 67.8 Å². The van der Waals surface area contributed by atoms with Gasteiger partial charge in [-0.05, 0) is 75.7 Å². The Bertz CT molecular complexity index is 1010. The third-order valence-corrected chi connectivity index (χ3v) is 9.25. The minimum absolute atomic E-state index is 0.180. The molecule has 6 rings (SSSR count). The molecule has 1 saturated heterocycles. The summed E-state index contributed by atoms with van der Waals surface area (Å²) < 4.78 is 48.7. The molecule has 5 fully saturated rings. The van der Waals surface area contributed by atoms with Gasteiger partial charge in [-0.15, -0.1) is 0 Å². The van der Waals surface area contributed by atoms with E-state index in [0.29, 0.717) is 31.0 Å². The van der Waals surface area contributed by atoms with Crippen molar-refractivity contribution in [1.82, 2.24) is 9.03 Å². The minimum Gasteiger partial charge on any atom is -0.492 e. The molecule has 0 atom stereocenters. The van der Waals surface area contributed by atoms with E-state index in [1.807, 2.05) is 11.6 Å². The Hall–Kier alpha value is -1.93. The lowest BCUT2D eigenvalue weighted by Gasteiger charge is -2.56. The van der Waals surface area contributed by atoms with Crippen molar-refractivity contribution in [3.8, 4) is 5.75 Å². The zero-order chi connectivity index (χ0) is 22.5. The first-order valence-electron chi connectivity index (χ1n) is 11.7. The summed E-state index contributed by atoms with van der Waals surface area (Å²) in [5.41, 5.74) is 0.453. The predicted octanol–water partition coefficient (Wildman–Crippen LogP) is 4.13. The summed E-state index contributed by atoms with van der Waals surface area (Å²) in [5.74, 6) is 1.06. The summed E-state index contributed by atoms with van der Waals surface area (Å²) in [5, 5.41) is 0. The van der Waals surface area contributed by atoms with E-state index < -0.39 is 21.9 Å². The number of ether oxygens (including phenoxy) is 1. The molecule has 1 heterocycles. The summed E-state index contributed by atoms with van der Waals surface area (Å²) in [4.78, 5) is 12.6. The van der Waals surface area contributed by atoms with E-state index in [1.165, 1.54) is 55.0 Å². The van der Waals surface area contributed by atoms with Crippen LogP contribution in [0, 0.1) is 29.0 Å². The van der Waals surface area contributed by atoms with Gasteiger partial charge in [0.2, 0.25) is 0 Å². The van der Waals surface area contributed by atoms with Crippen molar-refractivity contribution in [2.45, 2.75) is 51.9 Å². The van der Waals surface area contributed by atoms with Crippen LogP contribution in [-0.2, 0) is 10.2 Å². The quantitative estimate of drug-likeness (QED) is 0.661. The number of allylic oxidation sites excluding steroid dienone is 1. The molecule has 0 spiro atoms. The Morgan fingerprint density at radius 2 is 1.81 bits per heavy atom. The summed E-state index contributed by atoms with van der Waals surface area (Å²) in [7, 11) is -3.94. The number of nitrogens with zero attached hydrogens (tertiary/aromatic N) is 1. The minimum atomic E-state index is -3.94. The van der Waals surface area contributed by atoms with Crippen LogP contribution in [-0.4, -0.2) is 38.3 Å². The van der Waals surface area contributed by atoms with Gasteiger partial charge in [0.25, 0.3) is 5.91 Å². The Morgan fingerprint density at radius 1 is 1.19 bits per heavy atom. The molecule has 8 heteroatoms. The van der Waals surface area contributed by atoms with Gasteiger partial charge in [0, 0.05) is 30.1 Å². The van der Waals surface area contributed by atoms with Crippen LogP contribution < -0.4 is 9.46 Å². The van der Waals surface area contributed by atoms with E-state index in [1.54, 1.807) is 12.2 Å². The molecule has 0 aromatic heterocycles. The van der Waals surface area contributed by atoms with Crippen LogP contribution in [0.3, 0.4) is 0 Å². The lowest BCUT2D eigenvalue weighted by Crippen LogP contribution is -2.49. The summed E-state index contributed by atoms with van der Waals surface area (Å²) in [6.45, 7) is 3.13. The fourth-order valence-corrected chi connectivity index (χ4v) is 7.85. The first-order valence-corrected chi connectivity index (χ1v) is 13.1. The van der Waals surface area contributed by atoms with Crippen molar-refractivity contribution in [2.24, 2.45) is 23.2 Å². The second-order valence-corrected chi connectivity index (χ2v) is 11.9. The predicted molar refractivity (Wildman–Crippen MR) is 120 cm³/mol. The molecule has 32 heavy (non-hydrogen) atoms. The molecular formula is C24H31FN2O4S. The number of hydrogen-bond donors (Lipinski definition) is 1. The largest absolute Gasteiger partial charge is 0.492 e. The van der Waals surface area contributed by atoms with Crippen molar-refractivity contribution in [1.29, 1.82) is 0 Å². The first-order chi connectivity index (χ1) is 15.3. The smallest absolute Gasteiger partial charge is 0.304 e. The van der Waals surface area contributed by atoms with Gasteiger partial charge in [-0.2, -0.15) is 12.7 Å². The van der Waals surface area contributed by atoms with E-state index in [4.69, 9.17) is 4.74 Å². The fraction of sp³-hybridized carbons (Fsp3) is 0.625. The highest BCUT2D eigenvalue weighted by atomic mass is 32.2. The molecule has 0 unspecified atom stereocenters. The molecule has 4 bridgehead atoms. The van der Waals surface area contributed by atoms with Gasteiger partial charge in [-0.25, -0.2) is 9.11 Å². The SMILES string of the molecule is C/C=C/c1cc(C(=O)NS(=O)(=O)N2CCC2)c(F)cc1OCC12CC3CC(CC(C3)C1)C2. The molecule has 4 saturated carbocycles. The van der Waals surface area contributed by atoms with Gasteiger partial charge in [-0.1, -0.05) is 12.2 Å². The van der Waals surface area contributed by atoms with Crippen LogP contribution in [0.5, 0.6) is 5.75 Å². The number of rotatable bonds is 7. The summed E-state index contributed by atoms with van der Waals surface area (Å²) in [6.07, 6.45) is 11.9. The van der Waals surface area contributed by atoms with Crippen molar-refractivity contribution >= 4 is 22.2 Å². The third kappa shape index (κ3) is 4.07. The molecule has 6 nitrogen and oxygen atoms in total. The molecular weight excluding hydrogens is 431 g/mol. The number of amides is 1. The van der Waals surface area contributed by atoms with E-state index >= 15 is 0 Å². The number of carbonyl (C=O) groups excluding carboxylic acids is 1. The normalized spacial score (nSPS) is 31.6. The van der Waals surface area contributed by atoms with Gasteiger partial charge < -0.3 is 4.74 Å². The number of benzene rings is 1. The molecule has 1 aromatic rings. The molecule has 0 radical (unpaired) electrons. The van der Waals surface area contributed by atoms with Crippen molar-refractivity contribution < 1.29 is 22.3 Å². The Morgan fingerprint density at radius 3 is 2.34 bits per heavy atom. The summed E-state index contributed by atoms with van der Waals surface area (Å²) in [6, 6.07) is 2.60. The topological polar surface area (TPSA) is 75.7 Å². The Labute approximate surface area is 189 Å². The van der Waals surface area contributed by atoms with Gasteiger partial charge >= 0.3 is 10.2 Å². The Balaban J connectivity index is 1.34. The van der Waals surface area contributed by atoms with E-state index in [2.05, 4.69) is 0 Å². The Kier molecular flexibility index (Phi) is 5.56. The van der Waals surface area contributed by atoms with Crippen molar-refractivity contribution in [3.63, 3.8) is 0 Å². The monoisotopic (exact) mass is 462 g/mol. The zero-order valence-electron chi connectivity index (χ0n) is 18.5. The fourth-order valence-electron chi connectivity index (χ4n) is 6.64. The number of hydrogen-bond acceptors (Lipinski definition) is 4. The van der Waals surface area contributed by atoms with Gasteiger partial charge in [0.1, 0.15) is 11.6 Å². The molecule has 1 amide bonds. The number of carbonyl (C=O) groups is 1. The van der Waals surface area contributed by atoms with Crippen LogP contribution in [0.25, 0.3) is 6.08 Å². The molecule has 174 valence electrons. The summed E-state index contributed by atoms with van der Waals surface area (Å²) >= 11 is 0. The van der Waals surface area contributed by atoms with Crippen molar-refractivity contribution in [3.05, 3.63) is 35.2 Å². The van der Waals surface area contributed by atoms with Crippen LogP contribution in [0.15, 0.2) is 18.2 Å². The second-order valence-electron chi connectivity index (χ2n) is 10.3. The third-order valence-electron chi connectivity index (χ3n) is 7.77. The first kappa shape index (κ1) is 21.9. The zero-order valence-corrected chi connectivity index (χ0v) is 19.3. The lowest BCUT2D eigenvalue weighted by atomic mass is 9.50. The molecule has 5 aliphatic rings. The van der Waals surface area contributed by atoms with Gasteiger partial charge in [0.15, 0.2) is 0 Å². The average molecular weight is 463 g/mol. The molecule has 1 aromatic carbocycles. The highest BCUT2D eigenvalue weighted by Crippen LogP contribution is 2.60. The highest BCUT2D eigenvalue weighted by Gasteiger charge is 2.51. The van der Waals surface area contributed by atoms with E-state index in [-0.39, 0.29) is 11.0 Å². The van der Waals surface area contributed by atoms with E-state index in [9.17, 15) is 17.6 Å². The number of halogens is 1. The van der Waals surface area contributed by atoms with Crippen molar-refractivity contribution in [2.75, 3.05) is 19.7 Å². The average Bonchev–Trinajstić information content (AvgIpc) is 2.64. The van der Waals surface area contributed by atoms with Gasteiger partial charge in [-0.3, -0.25) is 4.79 Å². The second kappa shape index (κ2) is 8.13. The molecule has 1 N–H and O–H groups in total. The van der Waals surface area contributed by atoms with Crippen LogP contribution in [0.2, 0.25) is 0 Å². The van der Waals surface area contributed by atoms with Crippen LogP contribution >= 0.6 is 0 Å². The lowest BCUT2D eigenvalue weighted by molar-refractivity contribution is -0.0746. The maximum absolute atomic E-state index is 14.9. The number of nitrogens with one attached hydrogen (secondary N) is 1. The maximum atomic E-state index is 14.9. The van der Waals surface area contributed by atoms with Gasteiger partial charge in [0.05, 0.1) is 12.2 Å².